The van der Waals surface area contributed by atoms with Crippen molar-refractivity contribution in [2.45, 2.75) is 4.95 Å². The van der Waals surface area contributed by atoms with Gasteiger partial charge in [-0.25, -0.2) is 0 Å². The Morgan fingerprint density at radius 3 is 2.50 bits per heavy atom. The molecule has 0 aliphatic rings. The number of benzene rings is 1. The molecule has 0 bridgehead atoms. The Labute approximate surface area is 80.1 Å². The molecule has 0 fully saturated rings. The van der Waals surface area contributed by atoms with Crippen LogP contribution in [-0.4, -0.2) is 17.8 Å². The lowest BCUT2D eigenvalue weighted by atomic mass is 10.1. The summed E-state index contributed by atoms with van der Waals surface area (Å²) in [5, 5.41) is 2.83. The van der Waals surface area contributed by atoms with Crippen LogP contribution in [0.25, 0.3) is 0 Å². The van der Waals surface area contributed by atoms with Crippen molar-refractivity contribution in [2.75, 3.05) is 7.05 Å². The van der Waals surface area contributed by atoms with Crippen molar-refractivity contribution in [1.29, 1.82) is 0 Å². The summed E-state index contributed by atoms with van der Waals surface area (Å²) in [6, 6.07) is 9.19. The van der Waals surface area contributed by atoms with E-state index in [4.69, 9.17) is 0 Å². The molecule has 0 saturated heterocycles. The van der Waals surface area contributed by atoms with Crippen molar-refractivity contribution >= 4 is 21.7 Å². The van der Waals surface area contributed by atoms with E-state index in [-0.39, 0.29) is 10.7 Å². The quantitative estimate of drug-likeness (QED) is 0.485. The number of hydrogen-bond acceptors (Lipinski definition) is 2. The van der Waals surface area contributed by atoms with Gasteiger partial charge in [0.05, 0.1) is 0 Å². The summed E-state index contributed by atoms with van der Waals surface area (Å²) < 4.78 is 0. The molecule has 0 aliphatic heterocycles. The van der Waals surface area contributed by atoms with Crippen LogP contribution < -0.4 is 5.32 Å². The molecule has 0 heterocycles. The number of carbonyl (C=O) groups is 1. The normalized spacial score (nSPS) is 12.5. The minimum Gasteiger partial charge on any atom is -0.301 e. The van der Waals surface area contributed by atoms with Crippen molar-refractivity contribution < 1.29 is 4.79 Å². The van der Waals surface area contributed by atoms with Gasteiger partial charge in [0.25, 0.3) is 0 Å². The number of likely N-dealkylation sites (N-methyl/N-ethyl adjacent to an activating group) is 1. The SMILES string of the molecule is CNC(Br)C(=O)c1ccccc1. The van der Waals surface area contributed by atoms with Gasteiger partial charge in [-0.1, -0.05) is 46.3 Å². The minimum atomic E-state index is -0.292. The lowest BCUT2D eigenvalue weighted by Gasteiger charge is -2.06. The Balaban J connectivity index is 2.79. The number of nitrogens with one attached hydrogen (secondary N) is 1. The molecule has 3 heteroatoms. The average Bonchev–Trinajstić information content (AvgIpc) is 2.17. The van der Waals surface area contributed by atoms with Gasteiger partial charge in [-0.3, -0.25) is 4.79 Å². The van der Waals surface area contributed by atoms with E-state index in [0.29, 0.717) is 5.56 Å². The zero-order valence-corrected chi connectivity index (χ0v) is 8.34. The van der Waals surface area contributed by atoms with E-state index >= 15 is 0 Å². The van der Waals surface area contributed by atoms with Crippen LogP contribution in [0.5, 0.6) is 0 Å². The van der Waals surface area contributed by atoms with Crippen molar-refractivity contribution in [1.82, 2.24) is 5.32 Å². The minimum absolute atomic E-state index is 0.0538. The van der Waals surface area contributed by atoms with Gasteiger partial charge >= 0.3 is 0 Å². The largest absolute Gasteiger partial charge is 0.301 e. The van der Waals surface area contributed by atoms with E-state index in [9.17, 15) is 4.79 Å². The summed E-state index contributed by atoms with van der Waals surface area (Å²) in [5.41, 5.74) is 0.716. The molecule has 1 aromatic rings. The molecule has 1 atom stereocenters. The van der Waals surface area contributed by atoms with E-state index in [2.05, 4.69) is 21.2 Å². The molecule has 12 heavy (non-hydrogen) atoms. The molecule has 0 aromatic heterocycles. The molecule has 0 saturated carbocycles. The number of ketones is 1. The standard InChI is InChI=1S/C9H10BrNO/c1-11-9(10)8(12)7-5-3-2-4-6-7/h2-6,9,11H,1H3. The highest BCUT2D eigenvalue weighted by atomic mass is 79.9. The van der Waals surface area contributed by atoms with Crippen LogP contribution >= 0.6 is 15.9 Å². The zero-order valence-electron chi connectivity index (χ0n) is 6.75. The molecule has 1 N–H and O–H groups in total. The molecular weight excluding hydrogens is 218 g/mol. The lowest BCUT2D eigenvalue weighted by Crippen LogP contribution is -2.27. The molecule has 0 amide bonds. The number of Topliss-reactive ketones (excluding diaryl/α,β-unsaturated/α-hetero) is 1. The fourth-order valence-corrected chi connectivity index (χ4v) is 1.14. The van der Waals surface area contributed by atoms with E-state index < -0.39 is 0 Å². The summed E-state index contributed by atoms with van der Waals surface area (Å²) in [6.07, 6.45) is 0. The first-order valence-corrected chi connectivity index (χ1v) is 4.58. The van der Waals surface area contributed by atoms with Gasteiger partial charge in [0.1, 0.15) is 4.95 Å². The summed E-state index contributed by atoms with van der Waals surface area (Å²) >= 11 is 3.22. The number of rotatable bonds is 3. The van der Waals surface area contributed by atoms with Crippen molar-refractivity contribution in [3.8, 4) is 0 Å². The van der Waals surface area contributed by atoms with Crippen LogP contribution in [0.15, 0.2) is 30.3 Å². The molecule has 1 aromatic carbocycles. The fraction of sp³-hybridized carbons (Fsp3) is 0.222. The van der Waals surface area contributed by atoms with Crippen LogP contribution in [0, 0.1) is 0 Å². The number of halogens is 1. The number of hydrogen-bond donors (Lipinski definition) is 1. The summed E-state index contributed by atoms with van der Waals surface area (Å²) in [6.45, 7) is 0. The third kappa shape index (κ3) is 2.16. The van der Waals surface area contributed by atoms with Crippen LogP contribution in [0.1, 0.15) is 10.4 Å². The van der Waals surface area contributed by atoms with Crippen LogP contribution in [0.2, 0.25) is 0 Å². The van der Waals surface area contributed by atoms with Gasteiger partial charge in [-0.2, -0.15) is 0 Å². The van der Waals surface area contributed by atoms with Gasteiger partial charge < -0.3 is 5.32 Å². The highest BCUT2D eigenvalue weighted by Gasteiger charge is 2.13. The summed E-state index contributed by atoms with van der Waals surface area (Å²) in [5.74, 6) is 0.0538. The predicted molar refractivity (Wildman–Crippen MR) is 52.5 cm³/mol. The Hall–Kier alpha value is -0.670. The third-order valence-electron chi connectivity index (χ3n) is 1.54. The molecule has 0 spiro atoms. The molecule has 0 aliphatic carbocycles. The van der Waals surface area contributed by atoms with Gasteiger partial charge in [-0.15, -0.1) is 0 Å². The van der Waals surface area contributed by atoms with Crippen molar-refractivity contribution in [3.63, 3.8) is 0 Å². The Morgan fingerprint density at radius 2 is 2.00 bits per heavy atom. The smallest absolute Gasteiger partial charge is 0.190 e. The maximum Gasteiger partial charge on any atom is 0.190 e. The number of carbonyl (C=O) groups excluding carboxylic acids is 1. The summed E-state index contributed by atoms with van der Waals surface area (Å²) in [4.78, 5) is 11.2. The van der Waals surface area contributed by atoms with Gasteiger partial charge in [-0.05, 0) is 7.05 Å². The van der Waals surface area contributed by atoms with Crippen LogP contribution in [0.3, 0.4) is 0 Å². The predicted octanol–water partition coefficient (Wildman–Crippen LogP) is 1.81. The molecule has 2 nitrogen and oxygen atoms in total. The molecule has 64 valence electrons. The molecule has 0 radical (unpaired) electrons. The molecule has 1 rings (SSSR count). The Bertz CT molecular complexity index is 260. The van der Waals surface area contributed by atoms with E-state index in [1.807, 2.05) is 18.2 Å². The van der Waals surface area contributed by atoms with Gasteiger partial charge in [0.2, 0.25) is 0 Å². The van der Waals surface area contributed by atoms with Crippen molar-refractivity contribution in [2.24, 2.45) is 0 Å². The highest BCUT2D eigenvalue weighted by molar-refractivity contribution is 9.10. The zero-order chi connectivity index (χ0) is 8.97. The first-order valence-electron chi connectivity index (χ1n) is 3.66. The van der Waals surface area contributed by atoms with Crippen molar-refractivity contribution in [3.05, 3.63) is 35.9 Å². The second-order valence-corrected chi connectivity index (χ2v) is 3.30. The highest BCUT2D eigenvalue weighted by Crippen LogP contribution is 2.06. The lowest BCUT2D eigenvalue weighted by molar-refractivity contribution is 0.0984. The monoisotopic (exact) mass is 227 g/mol. The Morgan fingerprint density at radius 1 is 1.42 bits per heavy atom. The van der Waals surface area contributed by atoms with E-state index in [1.54, 1.807) is 19.2 Å². The second kappa shape index (κ2) is 4.38. The topological polar surface area (TPSA) is 29.1 Å². The second-order valence-electron chi connectivity index (χ2n) is 2.38. The third-order valence-corrected chi connectivity index (χ3v) is 2.42. The fourth-order valence-electron chi connectivity index (χ4n) is 0.880. The molecular formula is C9H10BrNO. The molecule has 1 unspecified atom stereocenters. The first kappa shape index (κ1) is 9.42. The first-order chi connectivity index (χ1) is 5.75. The van der Waals surface area contributed by atoms with Crippen LogP contribution in [0.4, 0.5) is 0 Å². The summed E-state index contributed by atoms with van der Waals surface area (Å²) in [7, 11) is 1.74. The maximum atomic E-state index is 11.5. The number of alkyl halides is 1. The van der Waals surface area contributed by atoms with Crippen LogP contribution in [-0.2, 0) is 0 Å². The maximum absolute atomic E-state index is 11.5. The Kier molecular flexibility index (Phi) is 3.44. The van der Waals surface area contributed by atoms with Gasteiger partial charge in [0, 0.05) is 5.56 Å². The van der Waals surface area contributed by atoms with E-state index in [0.717, 1.165) is 0 Å². The van der Waals surface area contributed by atoms with Gasteiger partial charge in [0.15, 0.2) is 5.78 Å². The average molecular weight is 228 g/mol. The van der Waals surface area contributed by atoms with E-state index in [1.165, 1.54) is 0 Å².